The Morgan fingerprint density at radius 2 is 1.78 bits per heavy atom. The molecule has 1 aromatic heterocycles. The lowest BCUT2D eigenvalue weighted by Gasteiger charge is -2.14. The molecular weight excluding hydrogens is 338 g/mol. The van der Waals surface area contributed by atoms with E-state index in [1.165, 1.54) is 31.5 Å². The lowest BCUT2D eigenvalue weighted by molar-refractivity contribution is 0.102. The largest absolute Gasteiger partial charge is 0.321 e. The first-order valence-corrected chi connectivity index (χ1v) is 9.44. The van der Waals surface area contributed by atoms with Crippen molar-refractivity contribution in [2.24, 2.45) is 0 Å². The molecule has 1 saturated heterocycles. The van der Waals surface area contributed by atoms with E-state index < -0.39 is 0 Å². The van der Waals surface area contributed by atoms with Crippen LogP contribution in [0.5, 0.6) is 0 Å². The first kappa shape index (κ1) is 17.5. The number of pyridine rings is 1. The fraction of sp³-hybridized carbons (Fsp3) is 0.273. The number of H-pyrrole nitrogens is 1. The Morgan fingerprint density at radius 1 is 1.04 bits per heavy atom. The average Bonchev–Trinajstić information content (AvgIpc) is 3.21. The van der Waals surface area contributed by atoms with Gasteiger partial charge in [-0.05, 0) is 67.6 Å². The third-order valence-corrected chi connectivity index (χ3v) is 5.13. The smallest absolute Gasteiger partial charge is 0.272 e. The van der Waals surface area contributed by atoms with E-state index in [4.69, 9.17) is 0 Å². The molecule has 0 bridgehead atoms. The number of amides is 1. The van der Waals surface area contributed by atoms with Gasteiger partial charge in [0, 0.05) is 17.6 Å². The van der Waals surface area contributed by atoms with Crippen LogP contribution in [-0.2, 0) is 6.42 Å². The monoisotopic (exact) mass is 361 g/mol. The highest BCUT2D eigenvalue weighted by atomic mass is 16.2. The third-order valence-electron chi connectivity index (χ3n) is 5.13. The molecule has 5 nitrogen and oxygen atoms in total. The van der Waals surface area contributed by atoms with Crippen molar-refractivity contribution in [2.45, 2.75) is 19.3 Å². The predicted molar refractivity (Wildman–Crippen MR) is 108 cm³/mol. The summed E-state index contributed by atoms with van der Waals surface area (Å²) < 4.78 is 0. The van der Waals surface area contributed by atoms with E-state index in [0.717, 1.165) is 24.0 Å². The summed E-state index contributed by atoms with van der Waals surface area (Å²) in [6, 6.07) is 16.9. The number of hydrogen-bond donors (Lipinski definition) is 2. The SMILES string of the molecule is O=C(Nc1ccc(CCN2CCCC2)cc1)c1cc2ccccc2c(=O)[nH]1. The Bertz CT molecular complexity index is 1000. The molecule has 0 spiro atoms. The molecule has 1 aliphatic rings. The van der Waals surface area contributed by atoms with E-state index in [-0.39, 0.29) is 17.2 Å². The van der Waals surface area contributed by atoms with Crippen LogP contribution < -0.4 is 10.9 Å². The summed E-state index contributed by atoms with van der Waals surface area (Å²) in [6.07, 6.45) is 3.63. The zero-order valence-corrected chi connectivity index (χ0v) is 15.2. The van der Waals surface area contributed by atoms with E-state index in [2.05, 4.69) is 27.3 Å². The second-order valence-electron chi connectivity index (χ2n) is 7.05. The number of aromatic amines is 1. The highest BCUT2D eigenvalue weighted by Crippen LogP contribution is 2.15. The Labute approximate surface area is 158 Å². The van der Waals surface area contributed by atoms with E-state index in [1.807, 2.05) is 30.3 Å². The van der Waals surface area contributed by atoms with E-state index in [1.54, 1.807) is 12.1 Å². The van der Waals surface area contributed by atoms with Gasteiger partial charge in [-0.25, -0.2) is 0 Å². The molecule has 5 heteroatoms. The van der Waals surface area contributed by atoms with Gasteiger partial charge in [0.05, 0.1) is 0 Å². The molecule has 1 amide bonds. The molecule has 27 heavy (non-hydrogen) atoms. The predicted octanol–water partition coefficient (Wildman–Crippen LogP) is 3.42. The summed E-state index contributed by atoms with van der Waals surface area (Å²) in [4.78, 5) is 29.8. The fourth-order valence-electron chi connectivity index (χ4n) is 3.58. The van der Waals surface area contributed by atoms with E-state index in [9.17, 15) is 9.59 Å². The third kappa shape index (κ3) is 4.09. The van der Waals surface area contributed by atoms with Crippen molar-refractivity contribution in [3.8, 4) is 0 Å². The van der Waals surface area contributed by atoms with Crippen molar-refractivity contribution in [1.82, 2.24) is 9.88 Å². The number of rotatable bonds is 5. The van der Waals surface area contributed by atoms with Crippen molar-refractivity contribution >= 4 is 22.4 Å². The number of benzene rings is 2. The maximum atomic E-state index is 12.5. The standard InChI is InChI=1S/C22H23N3O2/c26-21-19-6-2-1-5-17(19)15-20(24-21)22(27)23-18-9-7-16(8-10-18)11-14-25-12-3-4-13-25/h1-2,5-10,15H,3-4,11-14H2,(H,23,27)(H,24,26). The summed E-state index contributed by atoms with van der Waals surface area (Å²) in [7, 11) is 0. The topological polar surface area (TPSA) is 65.2 Å². The van der Waals surface area contributed by atoms with Crippen molar-refractivity contribution in [2.75, 3.05) is 25.0 Å². The number of carbonyl (C=O) groups is 1. The molecular formula is C22H23N3O2. The molecule has 1 aliphatic heterocycles. The number of anilines is 1. The summed E-state index contributed by atoms with van der Waals surface area (Å²) >= 11 is 0. The summed E-state index contributed by atoms with van der Waals surface area (Å²) in [6.45, 7) is 3.50. The number of nitrogens with zero attached hydrogens (tertiary/aromatic N) is 1. The lowest BCUT2D eigenvalue weighted by atomic mass is 10.1. The number of fused-ring (bicyclic) bond motifs is 1. The summed E-state index contributed by atoms with van der Waals surface area (Å²) in [5.41, 5.74) is 1.99. The van der Waals surface area contributed by atoms with Crippen LogP contribution in [0.3, 0.4) is 0 Å². The molecule has 2 heterocycles. The molecule has 2 aromatic carbocycles. The number of hydrogen-bond acceptors (Lipinski definition) is 3. The second-order valence-corrected chi connectivity index (χ2v) is 7.05. The Morgan fingerprint density at radius 3 is 2.56 bits per heavy atom. The van der Waals surface area contributed by atoms with Crippen LogP contribution in [-0.4, -0.2) is 35.4 Å². The highest BCUT2D eigenvalue weighted by molar-refractivity contribution is 6.04. The minimum Gasteiger partial charge on any atom is -0.321 e. The summed E-state index contributed by atoms with van der Waals surface area (Å²) in [5, 5.41) is 4.19. The van der Waals surface area contributed by atoms with Crippen molar-refractivity contribution in [3.63, 3.8) is 0 Å². The first-order chi connectivity index (χ1) is 13.2. The van der Waals surface area contributed by atoms with Crippen molar-refractivity contribution in [3.05, 3.63) is 76.2 Å². The fourth-order valence-corrected chi connectivity index (χ4v) is 3.58. The van der Waals surface area contributed by atoms with Crippen LogP contribution in [0.25, 0.3) is 10.8 Å². The summed E-state index contributed by atoms with van der Waals surface area (Å²) in [5.74, 6) is -0.317. The van der Waals surface area contributed by atoms with Crippen LogP contribution in [0.2, 0.25) is 0 Å². The first-order valence-electron chi connectivity index (χ1n) is 9.44. The molecule has 138 valence electrons. The zero-order valence-electron chi connectivity index (χ0n) is 15.2. The number of aromatic nitrogens is 1. The van der Waals surface area contributed by atoms with Gasteiger partial charge in [-0.3, -0.25) is 9.59 Å². The number of nitrogens with one attached hydrogen (secondary N) is 2. The van der Waals surface area contributed by atoms with Crippen molar-refractivity contribution in [1.29, 1.82) is 0 Å². The molecule has 2 N–H and O–H groups in total. The normalized spacial score (nSPS) is 14.5. The molecule has 1 fully saturated rings. The van der Waals surface area contributed by atoms with Crippen LogP contribution in [0.4, 0.5) is 5.69 Å². The number of carbonyl (C=O) groups excluding carboxylic acids is 1. The molecule has 0 radical (unpaired) electrons. The van der Waals surface area contributed by atoms with Crippen LogP contribution in [0.15, 0.2) is 59.4 Å². The van der Waals surface area contributed by atoms with Gasteiger partial charge in [0.15, 0.2) is 0 Å². The van der Waals surface area contributed by atoms with Gasteiger partial charge in [0.2, 0.25) is 0 Å². The molecule has 4 rings (SSSR count). The maximum absolute atomic E-state index is 12.5. The van der Waals surface area contributed by atoms with Gasteiger partial charge < -0.3 is 15.2 Å². The number of likely N-dealkylation sites (tertiary alicyclic amines) is 1. The average molecular weight is 361 g/mol. The molecule has 0 aliphatic carbocycles. The van der Waals surface area contributed by atoms with Gasteiger partial charge in [0.1, 0.15) is 5.69 Å². The zero-order chi connectivity index (χ0) is 18.6. The highest BCUT2D eigenvalue weighted by Gasteiger charge is 2.12. The molecule has 0 saturated carbocycles. The van der Waals surface area contributed by atoms with E-state index >= 15 is 0 Å². The van der Waals surface area contributed by atoms with Crippen LogP contribution >= 0.6 is 0 Å². The van der Waals surface area contributed by atoms with Gasteiger partial charge in [-0.2, -0.15) is 0 Å². The van der Waals surface area contributed by atoms with Gasteiger partial charge in [0.25, 0.3) is 11.5 Å². The van der Waals surface area contributed by atoms with Gasteiger partial charge in [-0.1, -0.05) is 30.3 Å². The van der Waals surface area contributed by atoms with Crippen LogP contribution in [0.1, 0.15) is 28.9 Å². The maximum Gasteiger partial charge on any atom is 0.272 e. The van der Waals surface area contributed by atoms with Gasteiger partial charge in [-0.15, -0.1) is 0 Å². The quantitative estimate of drug-likeness (QED) is 0.732. The Kier molecular flexibility index (Phi) is 5.03. The molecule has 0 atom stereocenters. The Hall–Kier alpha value is -2.92. The minimum atomic E-state index is -0.317. The molecule has 0 unspecified atom stereocenters. The second kappa shape index (κ2) is 7.76. The minimum absolute atomic E-state index is 0.254. The van der Waals surface area contributed by atoms with Crippen LogP contribution in [0, 0.1) is 0 Å². The lowest BCUT2D eigenvalue weighted by Crippen LogP contribution is -2.22. The molecule has 3 aromatic rings. The van der Waals surface area contributed by atoms with Crippen molar-refractivity contribution < 1.29 is 4.79 Å². The Balaban J connectivity index is 1.42. The van der Waals surface area contributed by atoms with E-state index in [0.29, 0.717) is 5.39 Å². The van der Waals surface area contributed by atoms with Gasteiger partial charge >= 0.3 is 0 Å².